The molecule has 0 aromatic heterocycles. The van der Waals surface area contributed by atoms with Gasteiger partial charge in [-0.1, -0.05) is 20.8 Å². The van der Waals surface area contributed by atoms with Crippen molar-refractivity contribution in [1.82, 2.24) is 16.0 Å². The minimum absolute atomic E-state index is 0. The average Bonchev–Trinajstić information content (AvgIpc) is 2.53. The van der Waals surface area contributed by atoms with Gasteiger partial charge in [-0.2, -0.15) is 0 Å². The van der Waals surface area contributed by atoms with Gasteiger partial charge < -0.3 is 16.0 Å². The lowest BCUT2D eigenvalue weighted by Crippen LogP contribution is -2.42. The molecule has 1 fully saturated rings. The normalized spacial score (nSPS) is 15.3. The summed E-state index contributed by atoms with van der Waals surface area (Å²) in [6.07, 6.45) is 1.91. The second-order valence-electron chi connectivity index (χ2n) is 7.32. The number of amides is 2. The number of carbonyl (C=O) groups excluding carboxylic acids is 2. The van der Waals surface area contributed by atoms with Gasteiger partial charge >= 0.3 is 0 Å². The number of carbonyl (C=O) groups is 2. The van der Waals surface area contributed by atoms with Crippen LogP contribution in [0.3, 0.4) is 0 Å². The minimum atomic E-state index is -0.106. The maximum absolute atomic E-state index is 12.2. The highest BCUT2D eigenvalue weighted by Gasteiger charge is 2.17. The number of piperidine rings is 1. The number of benzene rings is 1. The summed E-state index contributed by atoms with van der Waals surface area (Å²) in [5.41, 5.74) is 1.22. The summed E-state index contributed by atoms with van der Waals surface area (Å²) < 4.78 is 0. The molecule has 0 unspecified atom stereocenters. The van der Waals surface area contributed by atoms with E-state index in [2.05, 4.69) is 36.7 Å². The second kappa shape index (κ2) is 9.04. The van der Waals surface area contributed by atoms with Gasteiger partial charge in [-0.25, -0.2) is 0 Å². The van der Waals surface area contributed by atoms with E-state index in [0.29, 0.717) is 17.7 Å². The summed E-state index contributed by atoms with van der Waals surface area (Å²) in [5.74, 6) is -0.177. The highest BCUT2D eigenvalue weighted by molar-refractivity contribution is 5.97. The van der Waals surface area contributed by atoms with Crippen LogP contribution >= 0.6 is 12.4 Å². The van der Waals surface area contributed by atoms with Crippen molar-refractivity contribution in [2.45, 2.75) is 39.7 Å². The number of nitrogens with one attached hydrogen (secondary N) is 3. The molecular formula is C18H28ClN3O2. The summed E-state index contributed by atoms with van der Waals surface area (Å²) in [4.78, 5) is 24.3. The third kappa shape index (κ3) is 6.49. The van der Waals surface area contributed by atoms with Crippen LogP contribution in [0.1, 0.15) is 54.3 Å². The van der Waals surface area contributed by atoms with Crippen molar-refractivity contribution in [3.63, 3.8) is 0 Å². The summed E-state index contributed by atoms with van der Waals surface area (Å²) in [6.45, 7) is 8.71. The van der Waals surface area contributed by atoms with Crippen molar-refractivity contribution in [3.8, 4) is 0 Å². The molecule has 24 heavy (non-hydrogen) atoms. The Labute approximate surface area is 150 Å². The molecule has 1 aliphatic rings. The van der Waals surface area contributed by atoms with Gasteiger partial charge in [0.25, 0.3) is 11.8 Å². The molecule has 0 aliphatic carbocycles. The molecule has 6 heteroatoms. The summed E-state index contributed by atoms with van der Waals surface area (Å²) in [6, 6.07) is 7.06. The Bertz CT molecular complexity index is 546. The van der Waals surface area contributed by atoms with Gasteiger partial charge in [-0.05, 0) is 55.6 Å². The summed E-state index contributed by atoms with van der Waals surface area (Å²) in [7, 11) is 0. The lowest BCUT2D eigenvalue weighted by atomic mass is 9.97. The first-order chi connectivity index (χ1) is 10.8. The Hall–Kier alpha value is -1.59. The van der Waals surface area contributed by atoms with Crippen LogP contribution in [0.4, 0.5) is 0 Å². The zero-order valence-corrected chi connectivity index (χ0v) is 15.5. The van der Waals surface area contributed by atoms with E-state index in [1.807, 2.05) is 0 Å². The molecular weight excluding hydrogens is 326 g/mol. The molecule has 1 heterocycles. The highest BCUT2D eigenvalue weighted by atomic mass is 35.5. The van der Waals surface area contributed by atoms with Crippen molar-refractivity contribution < 1.29 is 9.59 Å². The SMILES string of the molecule is CC(C)(C)CNC(=O)c1ccc(C(=O)NC2CCNCC2)cc1.Cl. The number of hydrogen-bond acceptors (Lipinski definition) is 3. The molecule has 0 radical (unpaired) electrons. The summed E-state index contributed by atoms with van der Waals surface area (Å²) >= 11 is 0. The molecule has 0 bridgehead atoms. The molecule has 134 valence electrons. The van der Waals surface area contributed by atoms with Gasteiger partial charge in [-0.3, -0.25) is 9.59 Å². The monoisotopic (exact) mass is 353 g/mol. The van der Waals surface area contributed by atoms with Crippen LogP contribution in [-0.2, 0) is 0 Å². The first-order valence-electron chi connectivity index (χ1n) is 8.25. The van der Waals surface area contributed by atoms with E-state index in [1.165, 1.54) is 0 Å². The van der Waals surface area contributed by atoms with E-state index in [-0.39, 0.29) is 35.7 Å². The van der Waals surface area contributed by atoms with Crippen molar-refractivity contribution in [2.24, 2.45) is 5.41 Å². The fourth-order valence-corrected chi connectivity index (χ4v) is 2.46. The molecule has 1 aromatic rings. The Balaban J connectivity index is 0.00000288. The maximum Gasteiger partial charge on any atom is 0.251 e. The Kier molecular flexibility index (Phi) is 7.70. The predicted octanol–water partition coefficient (Wildman–Crippen LogP) is 2.37. The number of halogens is 1. The molecule has 2 rings (SSSR count). The fourth-order valence-electron chi connectivity index (χ4n) is 2.46. The highest BCUT2D eigenvalue weighted by Crippen LogP contribution is 2.12. The van der Waals surface area contributed by atoms with Crippen LogP contribution in [0.2, 0.25) is 0 Å². The van der Waals surface area contributed by atoms with Crippen LogP contribution in [0.15, 0.2) is 24.3 Å². The van der Waals surface area contributed by atoms with Crippen LogP contribution in [0.25, 0.3) is 0 Å². The van der Waals surface area contributed by atoms with Gasteiger partial charge in [0, 0.05) is 23.7 Å². The summed E-state index contributed by atoms with van der Waals surface area (Å²) in [5, 5.41) is 9.23. The third-order valence-electron chi connectivity index (χ3n) is 3.86. The zero-order chi connectivity index (χ0) is 16.9. The van der Waals surface area contributed by atoms with Gasteiger partial charge in [-0.15, -0.1) is 12.4 Å². The van der Waals surface area contributed by atoms with E-state index in [9.17, 15) is 9.59 Å². The van der Waals surface area contributed by atoms with Gasteiger partial charge in [0.1, 0.15) is 0 Å². The average molecular weight is 354 g/mol. The van der Waals surface area contributed by atoms with Crippen molar-refractivity contribution in [3.05, 3.63) is 35.4 Å². The van der Waals surface area contributed by atoms with Crippen LogP contribution in [-0.4, -0.2) is 37.5 Å². The van der Waals surface area contributed by atoms with Crippen LogP contribution < -0.4 is 16.0 Å². The number of hydrogen-bond donors (Lipinski definition) is 3. The van der Waals surface area contributed by atoms with Gasteiger partial charge in [0.2, 0.25) is 0 Å². The van der Waals surface area contributed by atoms with Crippen molar-refractivity contribution >= 4 is 24.2 Å². The predicted molar refractivity (Wildman–Crippen MR) is 98.8 cm³/mol. The molecule has 0 saturated carbocycles. The Morgan fingerprint density at radius 3 is 2.04 bits per heavy atom. The van der Waals surface area contributed by atoms with E-state index >= 15 is 0 Å². The van der Waals surface area contributed by atoms with Crippen LogP contribution in [0, 0.1) is 5.41 Å². The van der Waals surface area contributed by atoms with E-state index in [1.54, 1.807) is 24.3 Å². The van der Waals surface area contributed by atoms with Crippen LogP contribution in [0.5, 0.6) is 0 Å². The first-order valence-corrected chi connectivity index (χ1v) is 8.25. The lowest BCUT2D eigenvalue weighted by molar-refractivity contribution is 0.0921. The molecule has 0 spiro atoms. The fraction of sp³-hybridized carbons (Fsp3) is 0.556. The standard InChI is InChI=1S/C18H27N3O2.ClH/c1-18(2,3)12-20-16(22)13-4-6-14(7-5-13)17(23)21-15-8-10-19-11-9-15;/h4-7,15,19H,8-12H2,1-3H3,(H,20,22)(H,21,23);1H. The van der Waals surface area contributed by atoms with Gasteiger partial charge in [0.15, 0.2) is 0 Å². The molecule has 1 aromatic carbocycles. The smallest absolute Gasteiger partial charge is 0.251 e. The molecule has 2 amide bonds. The Morgan fingerprint density at radius 1 is 1.04 bits per heavy atom. The molecule has 1 aliphatic heterocycles. The second-order valence-corrected chi connectivity index (χ2v) is 7.32. The lowest BCUT2D eigenvalue weighted by Gasteiger charge is -2.23. The molecule has 1 saturated heterocycles. The van der Waals surface area contributed by atoms with E-state index in [0.717, 1.165) is 25.9 Å². The minimum Gasteiger partial charge on any atom is -0.352 e. The van der Waals surface area contributed by atoms with E-state index < -0.39 is 0 Å². The quantitative estimate of drug-likeness (QED) is 0.778. The molecule has 0 atom stereocenters. The third-order valence-corrected chi connectivity index (χ3v) is 3.86. The molecule has 5 nitrogen and oxygen atoms in total. The van der Waals surface area contributed by atoms with Crippen molar-refractivity contribution in [1.29, 1.82) is 0 Å². The van der Waals surface area contributed by atoms with E-state index in [4.69, 9.17) is 0 Å². The topological polar surface area (TPSA) is 70.2 Å². The first kappa shape index (κ1) is 20.5. The van der Waals surface area contributed by atoms with Crippen molar-refractivity contribution in [2.75, 3.05) is 19.6 Å². The zero-order valence-electron chi connectivity index (χ0n) is 14.6. The Morgan fingerprint density at radius 2 is 1.54 bits per heavy atom. The van der Waals surface area contributed by atoms with Gasteiger partial charge in [0.05, 0.1) is 0 Å². The molecule has 3 N–H and O–H groups in total. The maximum atomic E-state index is 12.2. The number of rotatable bonds is 4. The largest absolute Gasteiger partial charge is 0.352 e.